The fraction of sp³-hybridized carbons (Fsp3) is 0.312. The minimum atomic E-state index is -0.540. The molecule has 1 aliphatic heterocycles. The number of rotatable bonds is 6. The molecule has 2 heterocycles. The molecule has 1 saturated heterocycles. The Morgan fingerprint density at radius 1 is 1.32 bits per heavy atom. The van der Waals surface area contributed by atoms with Crippen LogP contribution in [0.3, 0.4) is 0 Å². The first kappa shape index (κ1) is 17.4. The fourth-order valence-electron chi connectivity index (χ4n) is 2.61. The Kier molecular flexibility index (Phi) is 5.30. The Balaban J connectivity index is 1.48. The van der Waals surface area contributed by atoms with Crippen molar-refractivity contribution in [1.82, 2.24) is 15.3 Å². The highest BCUT2D eigenvalue weighted by atomic mass is 35.5. The van der Waals surface area contributed by atoms with Gasteiger partial charge in [0.25, 0.3) is 0 Å². The van der Waals surface area contributed by atoms with Crippen LogP contribution in [-0.4, -0.2) is 46.7 Å². The SMILES string of the molecule is O=C1C(NCCNc2ncc(O)cn2)CCN1c1ccc(Cl)c(F)c1. The number of nitrogens with zero attached hydrogens (tertiary/aromatic N) is 3. The first-order valence-corrected chi connectivity index (χ1v) is 8.17. The zero-order chi connectivity index (χ0) is 17.8. The molecule has 3 N–H and O–H groups in total. The molecule has 1 aromatic carbocycles. The Bertz CT molecular complexity index is 759. The smallest absolute Gasteiger partial charge is 0.244 e. The molecule has 9 heteroatoms. The molecular weight excluding hydrogens is 349 g/mol. The maximum atomic E-state index is 13.6. The predicted molar refractivity (Wildman–Crippen MR) is 92.4 cm³/mol. The number of anilines is 2. The Hall–Kier alpha value is -2.45. The van der Waals surface area contributed by atoms with Crippen LogP contribution in [0.4, 0.5) is 16.0 Å². The number of amides is 1. The summed E-state index contributed by atoms with van der Waals surface area (Å²) in [6, 6.07) is 4.03. The van der Waals surface area contributed by atoms with Crippen LogP contribution in [0, 0.1) is 5.82 Å². The van der Waals surface area contributed by atoms with Gasteiger partial charge in [-0.15, -0.1) is 0 Å². The zero-order valence-corrected chi connectivity index (χ0v) is 14.0. The summed E-state index contributed by atoms with van der Waals surface area (Å²) in [6.07, 6.45) is 3.23. The summed E-state index contributed by atoms with van der Waals surface area (Å²) < 4.78 is 13.6. The van der Waals surface area contributed by atoms with Gasteiger partial charge in [0.15, 0.2) is 5.75 Å². The van der Waals surface area contributed by atoms with E-state index in [0.29, 0.717) is 37.7 Å². The second-order valence-corrected chi connectivity index (χ2v) is 5.98. The van der Waals surface area contributed by atoms with Gasteiger partial charge in [-0.2, -0.15) is 0 Å². The van der Waals surface area contributed by atoms with E-state index in [0.717, 1.165) is 0 Å². The van der Waals surface area contributed by atoms with Crippen LogP contribution in [-0.2, 0) is 4.79 Å². The summed E-state index contributed by atoms with van der Waals surface area (Å²) in [6.45, 7) is 1.57. The standard InChI is InChI=1S/C16H17ClFN5O2/c17-12-2-1-10(7-13(12)18)23-6-3-14(15(23)25)19-4-5-20-16-21-8-11(24)9-22-16/h1-2,7-9,14,19,24H,3-6H2,(H,20,21,22). The summed E-state index contributed by atoms with van der Waals surface area (Å²) in [5, 5.41) is 15.3. The third-order valence-corrected chi connectivity index (χ3v) is 4.16. The summed E-state index contributed by atoms with van der Waals surface area (Å²) in [5.74, 6) is -0.237. The third-order valence-electron chi connectivity index (χ3n) is 3.86. The van der Waals surface area contributed by atoms with Gasteiger partial charge in [-0.1, -0.05) is 11.6 Å². The first-order chi connectivity index (χ1) is 12.0. The van der Waals surface area contributed by atoms with Gasteiger partial charge in [0, 0.05) is 25.3 Å². The van der Waals surface area contributed by atoms with Gasteiger partial charge in [0.2, 0.25) is 11.9 Å². The monoisotopic (exact) mass is 365 g/mol. The molecule has 1 aromatic heterocycles. The molecule has 1 atom stereocenters. The van der Waals surface area contributed by atoms with Gasteiger partial charge in [-0.05, 0) is 24.6 Å². The summed E-state index contributed by atoms with van der Waals surface area (Å²) in [5.41, 5.74) is 0.506. The molecule has 1 unspecified atom stereocenters. The molecular formula is C16H17ClFN5O2. The van der Waals surface area contributed by atoms with Crippen molar-refractivity contribution in [3.05, 3.63) is 41.4 Å². The Morgan fingerprint density at radius 3 is 2.80 bits per heavy atom. The Labute approximate surface area is 148 Å². The highest BCUT2D eigenvalue weighted by Gasteiger charge is 2.32. The minimum absolute atomic E-state index is 0.000968. The van der Waals surface area contributed by atoms with Crippen LogP contribution >= 0.6 is 11.6 Å². The number of nitrogens with one attached hydrogen (secondary N) is 2. The minimum Gasteiger partial charge on any atom is -0.505 e. The number of carbonyl (C=O) groups excluding carboxylic acids is 1. The van der Waals surface area contributed by atoms with E-state index < -0.39 is 5.82 Å². The van der Waals surface area contributed by atoms with E-state index in [2.05, 4.69) is 20.6 Å². The van der Waals surface area contributed by atoms with Gasteiger partial charge in [-0.3, -0.25) is 4.79 Å². The maximum Gasteiger partial charge on any atom is 0.244 e. The van der Waals surface area contributed by atoms with E-state index in [-0.39, 0.29) is 22.7 Å². The number of hydrogen-bond donors (Lipinski definition) is 3. The summed E-state index contributed by atoms with van der Waals surface area (Å²) >= 11 is 5.67. The van der Waals surface area contributed by atoms with Crippen molar-refractivity contribution in [2.45, 2.75) is 12.5 Å². The summed E-state index contributed by atoms with van der Waals surface area (Å²) in [4.78, 5) is 21.8. The van der Waals surface area contributed by atoms with Crippen LogP contribution in [0.15, 0.2) is 30.6 Å². The van der Waals surface area contributed by atoms with Crippen LogP contribution in [0.2, 0.25) is 5.02 Å². The molecule has 0 spiro atoms. The number of benzene rings is 1. The van der Waals surface area contributed by atoms with Crippen molar-refractivity contribution in [2.75, 3.05) is 29.9 Å². The molecule has 1 fully saturated rings. The molecule has 1 amide bonds. The lowest BCUT2D eigenvalue weighted by Gasteiger charge is -2.17. The third kappa shape index (κ3) is 4.15. The average Bonchev–Trinajstić information content (AvgIpc) is 2.97. The van der Waals surface area contributed by atoms with Crippen molar-refractivity contribution in [3.8, 4) is 5.75 Å². The van der Waals surface area contributed by atoms with Crippen molar-refractivity contribution >= 4 is 29.1 Å². The van der Waals surface area contributed by atoms with Gasteiger partial charge in [-0.25, -0.2) is 14.4 Å². The number of aromatic hydroxyl groups is 1. The van der Waals surface area contributed by atoms with Crippen molar-refractivity contribution in [3.63, 3.8) is 0 Å². The first-order valence-electron chi connectivity index (χ1n) is 7.79. The lowest BCUT2D eigenvalue weighted by Crippen LogP contribution is -2.40. The zero-order valence-electron chi connectivity index (χ0n) is 13.2. The number of hydrogen-bond acceptors (Lipinski definition) is 6. The lowest BCUT2D eigenvalue weighted by molar-refractivity contribution is -0.118. The van der Waals surface area contributed by atoms with E-state index in [9.17, 15) is 9.18 Å². The second kappa shape index (κ2) is 7.62. The second-order valence-electron chi connectivity index (χ2n) is 5.58. The number of aromatic nitrogens is 2. The van der Waals surface area contributed by atoms with Gasteiger partial charge < -0.3 is 20.6 Å². The van der Waals surface area contributed by atoms with Gasteiger partial charge in [0.05, 0.1) is 23.5 Å². The highest BCUT2D eigenvalue weighted by molar-refractivity contribution is 6.30. The average molecular weight is 366 g/mol. The lowest BCUT2D eigenvalue weighted by atomic mass is 10.2. The molecule has 132 valence electrons. The van der Waals surface area contributed by atoms with Crippen molar-refractivity contribution in [1.29, 1.82) is 0 Å². The van der Waals surface area contributed by atoms with Gasteiger partial charge >= 0.3 is 0 Å². The Morgan fingerprint density at radius 2 is 2.08 bits per heavy atom. The van der Waals surface area contributed by atoms with Crippen LogP contribution in [0.25, 0.3) is 0 Å². The summed E-state index contributed by atoms with van der Waals surface area (Å²) in [7, 11) is 0. The van der Waals surface area contributed by atoms with E-state index in [4.69, 9.17) is 16.7 Å². The quantitative estimate of drug-likeness (QED) is 0.676. The molecule has 1 aliphatic rings. The molecule has 0 aliphatic carbocycles. The number of halogens is 2. The van der Waals surface area contributed by atoms with Crippen LogP contribution in [0.5, 0.6) is 5.75 Å². The predicted octanol–water partition coefficient (Wildman–Crippen LogP) is 1.78. The highest BCUT2D eigenvalue weighted by Crippen LogP contribution is 2.25. The maximum absolute atomic E-state index is 13.6. The van der Waals surface area contributed by atoms with E-state index in [1.54, 1.807) is 11.0 Å². The molecule has 0 saturated carbocycles. The number of carbonyl (C=O) groups is 1. The molecule has 25 heavy (non-hydrogen) atoms. The van der Waals surface area contributed by atoms with Crippen LogP contribution < -0.4 is 15.5 Å². The normalized spacial score (nSPS) is 17.1. The fourth-order valence-corrected chi connectivity index (χ4v) is 2.73. The van der Waals surface area contributed by atoms with E-state index in [1.807, 2.05) is 0 Å². The van der Waals surface area contributed by atoms with E-state index >= 15 is 0 Å². The van der Waals surface area contributed by atoms with Gasteiger partial charge in [0.1, 0.15) is 5.82 Å². The van der Waals surface area contributed by atoms with Crippen LogP contribution in [0.1, 0.15) is 6.42 Å². The molecule has 2 aromatic rings. The van der Waals surface area contributed by atoms with Crippen molar-refractivity contribution in [2.24, 2.45) is 0 Å². The van der Waals surface area contributed by atoms with Crippen molar-refractivity contribution < 1.29 is 14.3 Å². The molecule has 3 rings (SSSR count). The molecule has 0 bridgehead atoms. The topological polar surface area (TPSA) is 90.4 Å². The molecule has 7 nitrogen and oxygen atoms in total. The largest absolute Gasteiger partial charge is 0.505 e. The molecule has 0 radical (unpaired) electrons. The van der Waals surface area contributed by atoms with E-state index in [1.165, 1.54) is 24.5 Å².